The van der Waals surface area contributed by atoms with Crippen LogP contribution in [0.2, 0.25) is 0 Å². The fourth-order valence-electron chi connectivity index (χ4n) is 5.54. The third-order valence-electron chi connectivity index (χ3n) is 7.78. The fraction of sp³-hybridized carbons (Fsp3) is 0.355. The summed E-state index contributed by atoms with van der Waals surface area (Å²) < 4.78 is 40.6. The van der Waals surface area contributed by atoms with Gasteiger partial charge in [0.25, 0.3) is 0 Å². The van der Waals surface area contributed by atoms with Crippen LogP contribution in [0.15, 0.2) is 55.5 Å². The second-order valence-corrected chi connectivity index (χ2v) is 11.9. The Morgan fingerprint density at radius 3 is 2.70 bits per heavy atom. The minimum Gasteiger partial charge on any atom is -0.367 e. The first-order valence-corrected chi connectivity index (χ1v) is 14.8. The van der Waals surface area contributed by atoms with Gasteiger partial charge in [0, 0.05) is 60.1 Å². The lowest BCUT2D eigenvalue weighted by Gasteiger charge is -2.33. The van der Waals surface area contributed by atoms with Crippen molar-refractivity contribution in [3.05, 3.63) is 77.2 Å². The number of rotatable bonds is 10. The summed E-state index contributed by atoms with van der Waals surface area (Å²) in [6, 6.07) is 10.1. The molecular formula is C31H32F3N7OS. The highest BCUT2D eigenvalue weighted by Gasteiger charge is 2.29. The van der Waals surface area contributed by atoms with Crippen LogP contribution in [0, 0.1) is 18.3 Å². The Bertz CT molecular complexity index is 1730. The molecular weight excluding hydrogens is 575 g/mol. The molecule has 0 unspecified atom stereocenters. The van der Waals surface area contributed by atoms with E-state index in [1.54, 1.807) is 6.07 Å². The quantitative estimate of drug-likeness (QED) is 0.208. The molecule has 1 aliphatic rings. The van der Waals surface area contributed by atoms with E-state index >= 15 is 0 Å². The highest BCUT2D eigenvalue weighted by Crippen LogP contribution is 2.33. The molecule has 43 heavy (non-hydrogen) atoms. The van der Waals surface area contributed by atoms with E-state index in [2.05, 4.69) is 57.7 Å². The summed E-state index contributed by atoms with van der Waals surface area (Å²) >= 11 is 1.05. The number of likely N-dealkylation sites (tertiary alicyclic amines) is 1. The van der Waals surface area contributed by atoms with Gasteiger partial charge in [-0.25, -0.2) is 9.97 Å². The number of fused-ring (bicyclic) bond motifs is 2. The fourth-order valence-corrected chi connectivity index (χ4v) is 6.56. The number of anilines is 1. The standard InChI is InChI=1S/C31H32F3N7OS/c1-4-28(42)38-19(2)7-12-41-23(16-35)13-25-20(3)21(5-6-27(25)41)17-40-10-8-22(9-11-40)39-29-26-14-24(15-31(32,33)34)43-30(26)37-18-36-29/h4-6,13-14,18,22H,1-2,7-12,15,17H2,3H3,(H,38,42)(H,36,37,39). The number of nitriles is 1. The van der Waals surface area contributed by atoms with Crippen molar-refractivity contribution >= 4 is 44.2 Å². The van der Waals surface area contributed by atoms with E-state index in [0.717, 1.165) is 60.3 Å². The van der Waals surface area contributed by atoms with Crippen molar-refractivity contribution in [2.24, 2.45) is 0 Å². The molecule has 2 N–H and O–H groups in total. The monoisotopic (exact) mass is 607 g/mol. The normalized spacial score (nSPS) is 14.6. The molecule has 12 heteroatoms. The van der Waals surface area contributed by atoms with Gasteiger partial charge in [0.1, 0.15) is 28.7 Å². The third kappa shape index (κ3) is 7.06. The van der Waals surface area contributed by atoms with Gasteiger partial charge in [-0.3, -0.25) is 9.69 Å². The van der Waals surface area contributed by atoms with Crippen LogP contribution in [0.3, 0.4) is 0 Å². The zero-order chi connectivity index (χ0) is 30.7. The second kappa shape index (κ2) is 12.6. The van der Waals surface area contributed by atoms with Gasteiger partial charge in [0.15, 0.2) is 0 Å². The molecule has 1 aliphatic heterocycles. The van der Waals surface area contributed by atoms with Gasteiger partial charge in [0.05, 0.1) is 11.8 Å². The van der Waals surface area contributed by atoms with Crippen LogP contribution in [-0.4, -0.2) is 50.6 Å². The average Bonchev–Trinajstić information content (AvgIpc) is 3.54. The summed E-state index contributed by atoms with van der Waals surface area (Å²) in [7, 11) is 0. The molecule has 224 valence electrons. The van der Waals surface area contributed by atoms with Gasteiger partial charge in [-0.15, -0.1) is 11.3 Å². The molecule has 0 spiro atoms. The van der Waals surface area contributed by atoms with E-state index in [9.17, 15) is 23.2 Å². The molecule has 3 aromatic heterocycles. The lowest BCUT2D eigenvalue weighted by Crippen LogP contribution is -2.39. The molecule has 8 nitrogen and oxygen atoms in total. The van der Waals surface area contributed by atoms with E-state index in [-0.39, 0.29) is 16.8 Å². The summed E-state index contributed by atoms with van der Waals surface area (Å²) in [6.45, 7) is 12.4. The van der Waals surface area contributed by atoms with Crippen molar-refractivity contribution in [3.8, 4) is 6.07 Å². The summed E-state index contributed by atoms with van der Waals surface area (Å²) in [4.78, 5) is 23.2. The Labute approximate surface area is 251 Å². The van der Waals surface area contributed by atoms with Crippen molar-refractivity contribution < 1.29 is 18.0 Å². The maximum absolute atomic E-state index is 12.9. The van der Waals surface area contributed by atoms with E-state index in [1.807, 2.05) is 16.7 Å². The molecule has 4 aromatic rings. The van der Waals surface area contributed by atoms with Gasteiger partial charge >= 0.3 is 6.18 Å². The van der Waals surface area contributed by atoms with Gasteiger partial charge in [-0.1, -0.05) is 19.2 Å². The number of nitrogens with one attached hydrogen (secondary N) is 2. The molecule has 0 bridgehead atoms. The minimum absolute atomic E-state index is 0.155. The summed E-state index contributed by atoms with van der Waals surface area (Å²) in [5, 5.41) is 17.6. The Morgan fingerprint density at radius 2 is 2.00 bits per heavy atom. The molecule has 0 radical (unpaired) electrons. The Hall–Kier alpha value is -4.21. The van der Waals surface area contributed by atoms with Gasteiger partial charge in [-0.2, -0.15) is 18.4 Å². The van der Waals surface area contributed by atoms with Crippen molar-refractivity contribution in [2.45, 2.75) is 57.9 Å². The van der Waals surface area contributed by atoms with Crippen LogP contribution in [-0.2, 0) is 24.3 Å². The largest absolute Gasteiger partial charge is 0.393 e. The number of carbonyl (C=O) groups is 1. The first-order valence-electron chi connectivity index (χ1n) is 14.0. The third-order valence-corrected chi connectivity index (χ3v) is 8.82. The molecule has 1 amide bonds. The molecule has 0 saturated carbocycles. The number of aryl methyl sites for hydroxylation is 2. The van der Waals surface area contributed by atoms with Gasteiger partial charge in [-0.05, 0) is 55.2 Å². The number of hydrogen-bond acceptors (Lipinski definition) is 7. The Kier molecular flexibility index (Phi) is 8.84. The number of hydrogen-bond donors (Lipinski definition) is 2. The van der Waals surface area contributed by atoms with E-state index in [0.29, 0.717) is 40.4 Å². The topological polar surface area (TPSA) is 98.9 Å². The maximum atomic E-state index is 12.9. The summed E-state index contributed by atoms with van der Waals surface area (Å²) in [6.07, 6.45) is -0.411. The Morgan fingerprint density at radius 1 is 1.23 bits per heavy atom. The minimum atomic E-state index is -4.26. The lowest BCUT2D eigenvalue weighted by atomic mass is 10.0. The lowest BCUT2D eigenvalue weighted by molar-refractivity contribution is -0.126. The van der Waals surface area contributed by atoms with Gasteiger partial charge < -0.3 is 15.2 Å². The van der Waals surface area contributed by atoms with Crippen molar-refractivity contribution in [1.29, 1.82) is 5.26 Å². The molecule has 1 saturated heterocycles. The number of allylic oxidation sites excluding steroid dienone is 1. The molecule has 1 fully saturated rings. The number of carbonyl (C=O) groups excluding carboxylic acids is 1. The van der Waals surface area contributed by atoms with Crippen LogP contribution in [0.25, 0.3) is 21.1 Å². The predicted octanol–water partition coefficient (Wildman–Crippen LogP) is 6.21. The predicted molar refractivity (Wildman–Crippen MR) is 163 cm³/mol. The average molecular weight is 608 g/mol. The molecule has 0 atom stereocenters. The number of aromatic nitrogens is 3. The molecule has 1 aromatic carbocycles. The first kappa shape index (κ1) is 30.3. The number of nitrogens with zero attached hydrogens (tertiary/aromatic N) is 5. The maximum Gasteiger partial charge on any atom is 0.393 e. The number of thiophene rings is 1. The van der Waals surface area contributed by atoms with Crippen molar-refractivity contribution in [3.63, 3.8) is 0 Å². The van der Waals surface area contributed by atoms with E-state index < -0.39 is 12.6 Å². The van der Waals surface area contributed by atoms with Crippen LogP contribution in [0.4, 0.5) is 19.0 Å². The first-order chi connectivity index (χ1) is 20.5. The Balaban J connectivity index is 1.22. The zero-order valence-corrected chi connectivity index (χ0v) is 24.6. The molecule has 4 heterocycles. The molecule has 5 rings (SSSR count). The van der Waals surface area contributed by atoms with Crippen LogP contribution in [0.5, 0.6) is 0 Å². The molecule has 0 aliphatic carbocycles. The number of alkyl halides is 3. The highest BCUT2D eigenvalue weighted by atomic mass is 32.1. The smallest absolute Gasteiger partial charge is 0.367 e. The summed E-state index contributed by atoms with van der Waals surface area (Å²) in [5.41, 5.74) is 4.40. The van der Waals surface area contributed by atoms with Crippen LogP contribution in [0.1, 0.15) is 41.0 Å². The van der Waals surface area contributed by atoms with Crippen LogP contribution < -0.4 is 10.6 Å². The second-order valence-electron chi connectivity index (χ2n) is 10.8. The number of piperidine rings is 1. The van der Waals surface area contributed by atoms with Crippen molar-refractivity contribution in [1.82, 2.24) is 24.8 Å². The zero-order valence-electron chi connectivity index (χ0n) is 23.8. The van der Waals surface area contributed by atoms with Gasteiger partial charge in [0.2, 0.25) is 5.91 Å². The summed E-state index contributed by atoms with van der Waals surface area (Å²) in [5.74, 6) is 0.273. The number of benzene rings is 1. The van der Waals surface area contributed by atoms with E-state index in [4.69, 9.17) is 0 Å². The van der Waals surface area contributed by atoms with Crippen LogP contribution >= 0.6 is 11.3 Å². The van der Waals surface area contributed by atoms with Crippen molar-refractivity contribution in [2.75, 3.05) is 18.4 Å². The highest BCUT2D eigenvalue weighted by molar-refractivity contribution is 7.18. The number of amides is 1. The SMILES string of the molecule is C=CC(=O)NC(=C)CCn1c(C#N)cc2c(C)c(CN3CCC(Nc4ncnc5sc(CC(F)(F)F)cc45)CC3)ccc21. The van der Waals surface area contributed by atoms with E-state index in [1.165, 1.54) is 18.0 Å². The number of halogens is 3.